The highest BCUT2D eigenvalue weighted by Crippen LogP contribution is 2.26. The van der Waals surface area contributed by atoms with Crippen LogP contribution >= 0.6 is 0 Å². The van der Waals surface area contributed by atoms with Crippen molar-refractivity contribution in [2.75, 3.05) is 0 Å². The lowest BCUT2D eigenvalue weighted by Crippen LogP contribution is -2.45. The Bertz CT molecular complexity index is 295. The molecule has 1 N–H and O–H groups in total. The number of aromatic nitrogens is 1. The molecule has 2 rings (SSSR count). The van der Waals surface area contributed by atoms with Crippen LogP contribution in [0.15, 0.2) is 16.9 Å². The lowest BCUT2D eigenvalue weighted by atomic mass is 9.81. The summed E-state index contributed by atoms with van der Waals surface area (Å²) in [4.78, 5) is 11.4. The molecule has 2 unspecified atom stereocenters. The van der Waals surface area contributed by atoms with Gasteiger partial charge in [-0.05, 0) is 18.8 Å². The monoisotopic (exact) mass is 180 g/mol. The van der Waals surface area contributed by atoms with Crippen LogP contribution < -0.4 is 5.32 Å². The van der Waals surface area contributed by atoms with E-state index in [0.29, 0.717) is 17.7 Å². The van der Waals surface area contributed by atoms with Crippen LogP contribution in [0.2, 0.25) is 0 Å². The first kappa shape index (κ1) is 8.29. The fraction of sp³-hybridized carbons (Fsp3) is 0.556. The number of hydrogen-bond donors (Lipinski definition) is 1. The molecule has 0 bridgehead atoms. The molecular formula is C9H12N2O2. The van der Waals surface area contributed by atoms with Crippen LogP contribution in [0.5, 0.6) is 0 Å². The summed E-state index contributed by atoms with van der Waals surface area (Å²) in [5.41, 5.74) is 0.360. The quantitative estimate of drug-likeness (QED) is 0.744. The van der Waals surface area contributed by atoms with Crippen molar-refractivity contribution in [2.45, 2.75) is 25.8 Å². The molecule has 1 saturated carbocycles. The molecule has 0 aromatic carbocycles. The summed E-state index contributed by atoms with van der Waals surface area (Å²) in [5.74, 6) is 0.459. The third-order valence-electron chi connectivity index (χ3n) is 2.61. The van der Waals surface area contributed by atoms with Gasteiger partial charge in [0.25, 0.3) is 5.91 Å². The van der Waals surface area contributed by atoms with Gasteiger partial charge in [0.2, 0.25) is 0 Å². The first-order valence-corrected chi connectivity index (χ1v) is 4.48. The van der Waals surface area contributed by atoms with E-state index in [1.165, 1.54) is 12.7 Å². The van der Waals surface area contributed by atoms with Crippen molar-refractivity contribution in [1.82, 2.24) is 10.5 Å². The van der Waals surface area contributed by atoms with Gasteiger partial charge in [0.15, 0.2) is 5.69 Å². The van der Waals surface area contributed by atoms with Gasteiger partial charge in [0, 0.05) is 12.1 Å². The molecule has 13 heavy (non-hydrogen) atoms. The highest BCUT2D eigenvalue weighted by Gasteiger charge is 2.28. The molecule has 2 atom stereocenters. The van der Waals surface area contributed by atoms with E-state index in [1.807, 2.05) is 0 Å². The van der Waals surface area contributed by atoms with Crippen LogP contribution in [0.4, 0.5) is 0 Å². The minimum Gasteiger partial charge on any atom is -0.364 e. The van der Waals surface area contributed by atoms with E-state index in [4.69, 9.17) is 0 Å². The fourth-order valence-corrected chi connectivity index (χ4v) is 1.45. The second-order valence-corrected chi connectivity index (χ2v) is 3.52. The molecule has 1 aromatic rings. The van der Waals surface area contributed by atoms with Crippen molar-refractivity contribution >= 4 is 5.91 Å². The predicted octanol–water partition coefficient (Wildman–Crippen LogP) is 1.20. The Balaban J connectivity index is 1.92. The predicted molar refractivity (Wildman–Crippen MR) is 46.2 cm³/mol. The van der Waals surface area contributed by atoms with E-state index in [9.17, 15) is 4.79 Å². The summed E-state index contributed by atoms with van der Waals surface area (Å²) >= 11 is 0. The minimum absolute atomic E-state index is 0.134. The molecule has 4 heteroatoms. The summed E-state index contributed by atoms with van der Waals surface area (Å²) in [6, 6.07) is 1.89. The number of nitrogens with zero attached hydrogens (tertiary/aromatic N) is 1. The number of amides is 1. The maximum Gasteiger partial charge on any atom is 0.273 e. The Morgan fingerprint density at radius 1 is 1.69 bits per heavy atom. The van der Waals surface area contributed by atoms with Gasteiger partial charge in [0.05, 0.1) is 0 Å². The van der Waals surface area contributed by atoms with Crippen molar-refractivity contribution in [3.8, 4) is 0 Å². The van der Waals surface area contributed by atoms with Crippen molar-refractivity contribution < 1.29 is 9.32 Å². The van der Waals surface area contributed by atoms with Crippen LogP contribution in [0.3, 0.4) is 0 Å². The number of hydrogen-bond acceptors (Lipinski definition) is 3. The number of carbonyl (C=O) groups is 1. The molecular weight excluding hydrogens is 168 g/mol. The van der Waals surface area contributed by atoms with E-state index >= 15 is 0 Å². The lowest BCUT2D eigenvalue weighted by molar-refractivity contribution is 0.0875. The van der Waals surface area contributed by atoms with Crippen molar-refractivity contribution in [1.29, 1.82) is 0 Å². The SMILES string of the molecule is CC1CCC1NC(=O)c1ccon1. The smallest absolute Gasteiger partial charge is 0.273 e. The third-order valence-corrected chi connectivity index (χ3v) is 2.61. The molecule has 70 valence electrons. The van der Waals surface area contributed by atoms with E-state index < -0.39 is 0 Å². The second kappa shape index (κ2) is 3.20. The summed E-state index contributed by atoms with van der Waals surface area (Å²) in [5, 5.41) is 6.47. The minimum atomic E-state index is -0.134. The maximum absolute atomic E-state index is 11.4. The van der Waals surface area contributed by atoms with Crippen molar-refractivity contribution in [2.24, 2.45) is 5.92 Å². The lowest BCUT2D eigenvalue weighted by Gasteiger charge is -2.34. The van der Waals surface area contributed by atoms with Gasteiger partial charge in [-0.3, -0.25) is 4.79 Å². The molecule has 1 aliphatic rings. The number of carbonyl (C=O) groups excluding carboxylic acids is 1. The standard InChI is InChI=1S/C9H12N2O2/c1-6-2-3-7(6)10-9(12)8-4-5-13-11-8/h4-7H,2-3H2,1H3,(H,10,12). The Hall–Kier alpha value is -1.32. The zero-order valence-electron chi connectivity index (χ0n) is 7.49. The van der Waals surface area contributed by atoms with Crippen molar-refractivity contribution in [3.63, 3.8) is 0 Å². The van der Waals surface area contributed by atoms with Gasteiger partial charge in [-0.2, -0.15) is 0 Å². The molecule has 1 fully saturated rings. The molecule has 0 saturated heterocycles. The molecule has 1 aromatic heterocycles. The van der Waals surface area contributed by atoms with E-state index in [1.54, 1.807) is 6.07 Å². The summed E-state index contributed by atoms with van der Waals surface area (Å²) in [7, 11) is 0. The highest BCUT2D eigenvalue weighted by molar-refractivity contribution is 5.92. The van der Waals surface area contributed by atoms with E-state index in [0.717, 1.165) is 6.42 Å². The molecule has 0 aliphatic heterocycles. The van der Waals surface area contributed by atoms with Crippen LogP contribution in [0, 0.1) is 5.92 Å². The Morgan fingerprint density at radius 3 is 3.00 bits per heavy atom. The van der Waals surface area contributed by atoms with Crippen LogP contribution in [-0.4, -0.2) is 17.1 Å². The fourth-order valence-electron chi connectivity index (χ4n) is 1.45. The molecule has 0 spiro atoms. The van der Waals surface area contributed by atoms with Crippen LogP contribution in [-0.2, 0) is 0 Å². The summed E-state index contributed by atoms with van der Waals surface area (Å²) in [6.07, 6.45) is 3.67. The van der Waals surface area contributed by atoms with E-state index in [2.05, 4.69) is 21.9 Å². The Morgan fingerprint density at radius 2 is 2.54 bits per heavy atom. The van der Waals surface area contributed by atoms with Crippen LogP contribution in [0.25, 0.3) is 0 Å². The molecule has 1 heterocycles. The largest absolute Gasteiger partial charge is 0.364 e. The Kier molecular flexibility index (Phi) is 2.04. The summed E-state index contributed by atoms with van der Waals surface area (Å²) < 4.78 is 4.58. The van der Waals surface area contributed by atoms with Gasteiger partial charge >= 0.3 is 0 Å². The zero-order valence-corrected chi connectivity index (χ0v) is 7.49. The van der Waals surface area contributed by atoms with Gasteiger partial charge in [-0.15, -0.1) is 0 Å². The highest BCUT2D eigenvalue weighted by atomic mass is 16.5. The molecule has 0 radical (unpaired) electrons. The molecule has 1 aliphatic carbocycles. The average molecular weight is 180 g/mol. The zero-order chi connectivity index (χ0) is 9.26. The topological polar surface area (TPSA) is 55.1 Å². The van der Waals surface area contributed by atoms with Gasteiger partial charge in [-0.25, -0.2) is 0 Å². The number of nitrogens with one attached hydrogen (secondary N) is 1. The number of rotatable bonds is 2. The maximum atomic E-state index is 11.4. The summed E-state index contributed by atoms with van der Waals surface area (Å²) in [6.45, 7) is 2.14. The first-order chi connectivity index (χ1) is 6.27. The normalized spacial score (nSPS) is 26.5. The van der Waals surface area contributed by atoms with Crippen molar-refractivity contribution in [3.05, 3.63) is 18.0 Å². The van der Waals surface area contributed by atoms with Gasteiger partial charge in [-0.1, -0.05) is 12.1 Å². The van der Waals surface area contributed by atoms with Crippen LogP contribution in [0.1, 0.15) is 30.3 Å². The Labute approximate surface area is 76.3 Å². The average Bonchev–Trinajstić information content (AvgIpc) is 2.64. The third kappa shape index (κ3) is 1.56. The first-order valence-electron chi connectivity index (χ1n) is 4.48. The van der Waals surface area contributed by atoms with Gasteiger partial charge < -0.3 is 9.84 Å². The molecule has 1 amide bonds. The van der Waals surface area contributed by atoms with Gasteiger partial charge in [0.1, 0.15) is 6.26 Å². The van der Waals surface area contributed by atoms with E-state index in [-0.39, 0.29) is 5.91 Å². The second-order valence-electron chi connectivity index (χ2n) is 3.52. The molecule has 4 nitrogen and oxygen atoms in total.